The molecule has 1 atom stereocenters. The standard InChI is InChI=1S/C39H79NO2.K/c1-4-7-9-11-13-15-17-19-21-23-25-27-29-31-33-35-40(38(6-3)37-39(41)42)36-34-32-30-28-26-24-22-20-18-16-14-12-10-8-5-2;/h38H,4-37H2,1-3H3,(H,41,42);/q;+1/p-1. The summed E-state index contributed by atoms with van der Waals surface area (Å²) in [4.78, 5) is 13.8. The average Bonchev–Trinajstić information content (AvgIpc) is 2.98. The fourth-order valence-corrected chi connectivity index (χ4v) is 6.57. The third-order valence-corrected chi connectivity index (χ3v) is 9.49. The predicted molar refractivity (Wildman–Crippen MR) is 185 cm³/mol. The van der Waals surface area contributed by atoms with Crippen LogP contribution in [0.5, 0.6) is 0 Å². The fraction of sp³-hybridized carbons (Fsp3) is 0.974. The molecule has 1 unspecified atom stereocenters. The van der Waals surface area contributed by atoms with Crippen LogP contribution in [0.3, 0.4) is 0 Å². The molecular formula is C39H78KNO2. The first-order valence-corrected chi connectivity index (χ1v) is 19.6. The van der Waals surface area contributed by atoms with E-state index in [9.17, 15) is 9.90 Å². The van der Waals surface area contributed by atoms with Crippen LogP contribution in [0.2, 0.25) is 0 Å². The Labute approximate surface area is 314 Å². The van der Waals surface area contributed by atoms with Crippen LogP contribution in [-0.4, -0.2) is 30.0 Å². The van der Waals surface area contributed by atoms with Gasteiger partial charge in [0.15, 0.2) is 0 Å². The van der Waals surface area contributed by atoms with Gasteiger partial charge in [-0.05, 0) is 32.4 Å². The largest absolute Gasteiger partial charge is 1.00 e. The van der Waals surface area contributed by atoms with Crippen LogP contribution in [0.1, 0.15) is 226 Å². The summed E-state index contributed by atoms with van der Waals surface area (Å²) in [6, 6.07) is 0.147. The summed E-state index contributed by atoms with van der Waals surface area (Å²) in [5.41, 5.74) is 0. The van der Waals surface area contributed by atoms with E-state index in [1.54, 1.807) is 0 Å². The number of carboxylic acid groups (broad SMARTS) is 1. The first-order chi connectivity index (χ1) is 20.7. The molecule has 0 saturated carbocycles. The first-order valence-electron chi connectivity index (χ1n) is 19.6. The van der Waals surface area contributed by atoms with Crippen molar-refractivity contribution >= 4 is 5.97 Å². The van der Waals surface area contributed by atoms with E-state index in [4.69, 9.17) is 0 Å². The van der Waals surface area contributed by atoms with E-state index in [0.29, 0.717) is 0 Å². The first kappa shape index (κ1) is 46.2. The summed E-state index contributed by atoms with van der Waals surface area (Å²) in [7, 11) is 0. The normalized spacial score (nSPS) is 12.1. The van der Waals surface area contributed by atoms with Gasteiger partial charge in [-0.2, -0.15) is 0 Å². The maximum atomic E-state index is 11.4. The minimum Gasteiger partial charge on any atom is -0.550 e. The van der Waals surface area contributed by atoms with Gasteiger partial charge >= 0.3 is 51.4 Å². The molecule has 4 heteroatoms. The number of nitrogens with zero attached hydrogens (tertiary/aromatic N) is 1. The average molecular weight is 632 g/mol. The summed E-state index contributed by atoms with van der Waals surface area (Å²) in [6.07, 6.45) is 42.7. The zero-order chi connectivity index (χ0) is 30.8. The maximum absolute atomic E-state index is 11.4. The zero-order valence-corrected chi connectivity index (χ0v) is 33.5. The maximum Gasteiger partial charge on any atom is 1.00 e. The Balaban J connectivity index is 0. The van der Waals surface area contributed by atoms with E-state index in [2.05, 4.69) is 25.7 Å². The monoisotopic (exact) mass is 632 g/mol. The molecule has 252 valence electrons. The second-order valence-electron chi connectivity index (χ2n) is 13.6. The van der Waals surface area contributed by atoms with Crippen molar-refractivity contribution in [1.82, 2.24) is 4.90 Å². The van der Waals surface area contributed by atoms with E-state index in [0.717, 1.165) is 19.5 Å². The molecular weight excluding hydrogens is 554 g/mol. The van der Waals surface area contributed by atoms with E-state index in [1.807, 2.05) is 0 Å². The second-order valence-corrected chi connectivity index (χ2v) is 13.6. The van der Waals surface area contributed by atoms with Crippen molar-refractivity contribution in [2.75, 3.05) is 13.1 Å². The summed E-state index contributed by atoms with van der Waals surface area (Å²) in [6.45, 7) is 8.84. The van der Waals surface area contributed by atoms with E-state index in [-0.39, 0.29) is 63.8 Å². The molecule has 0 aliphatic carbocycles. The van der Waals surface area contributed by atoms with Gasteiger partial charge in [0.1, 0.15) is 0 Å². The topological polar surface area (TPSA) is 43.4 Å². The van der Waals surface area contributed by atoms with Crippen LogP contribution in [0, 0.1) is 0 Å². The Morgan fingerprint density at radius 2 is 0.674 bits per heavy atom. The zero-order valence-electron chi connectivity index (χ0n) is 30.4. The quantitative estimate of drug-likeness (QED) is 0.0512. The SMILES string of the molecule is CCCCCCCCCCCCCCCCCN(CCCCCCCCCCCCCCCCC)C(CC)CC(=O)[O-].[K+]. The van der Waals surface area contributed by atoms with Gasteiger partial charge in [-0.15, -0.1) is 0 Å². The molecule has 0 radical (unpaired) electrons. The van der Waals surface area contributed by atoms with Crippen LogP contribution in [-0.2, 0) is 4.79 Å². The second kappa shape index (κ2) is 39.2. The molecule has 43 heavy (non-hydrogen) atoms. The molecule has 3 nitrogen and oxygen atoms in total. The van der Waals surface area contributed by atoms with Crippen LogP contribution in [0.25, 0.3) is 0 Å². The molecule has 0 amide bonds. The van der Waals surface area contributed by atoms with Crippen LogP contribution < -0.4 is 56.5 Å². The summed E-state index contributed by atoms with van der Waals surface area (Å²) in [5, 5.41) is 11.4. The van der Waals surface area contributed by atoms with Gasteiger partial charge in [0.2, 0.25) is 0 Å². The van der Waals surface area contributed by atoms with Gasteiger partial charge < -0.3 is 14.8 Å². The molecule has 0 aromatic heterocycles. The minimum absolute atomic E-state index is 0. The van der Waals surface area contributed by atoms with Crippen molar-refractivity contribution in [2.45, 2.75) is 232 Å². The van der Waals surface area contributed by atoms with Gasteiger partial charge in [0.25, 0.3) is 0 Å². The third kappa shape index (κ3) is 35.8. The number of hydrogen-bond donors (Lipinski definition) is 0. The Hall–Kier alpha value is 1.07. The molecule has 0 aliphatic rings. The van der Waals surface area contributed by atoms with Crippen molar-refractivity contribution < 1.29 is 61.3 Å². The van der Waals surface area contributed by atoms with Gasteiger partial charge in [0.05, 0.1) is 0 Å². The number of unbranched alkanes of at least 4 members (excludes halogenated alkanes) is 28. The Kier molecular flexibility index (Phi) is 42.2. The van der Waals surface area contributed by atoms with E-state index < -0.39 is 5.97 Å². The van der Waals surface area contributed by atoms with Crippen molar-refractivity contribution in [1.29, 1.82) is 0 Å². The van der Waals surface area contributed by atoms with Crippen molar-refractivity contribution in [3.05, 3.63) is 0 Å². The van der Waals surface area contributed by atoms with Crippen LogP contribution in [0.4, 0.5) is 0 Å². The molecule has 0 aromatic carbocycles. The van der Waals surface area contributed by atoms with Gasteiger partial charge in [-0.25, -0.2) is 0 Å². The molecule has 0 spiro atoms. The third-order valence-electron chi connectivity index (χ3n) is 9.49. The van der Waals surface area contributed by atoms with E-state index in [1.165, 1.54) is 193 Å². The Bertz CT molecular complexity index is 495. The van der Waals surface area contributed by atoms with Crippen molar-refractivity contribution in [2.24, 2.45) is 0 Å². The number of carbonyl (C=O) groups is 1. The molecule has 0 saturated heterocycles. The summed E-state index contributed by atoms with van der Waals surface area (Å²) >= 11 is 0. The van der Waals surface area contributed by atoms with Gasteiger partial charge in [0, 0.05) is 18.4 Å². The predicted octanol–water partition coefficient (Wildman–Crippen LogP) is 8.95. The molecule has 0 aromatic rings. The molecule has 0 aliphatic heterocycles. The van der Waals surface area contributed by atoms with Crippen LogP contribution in [0.15, 0.2) is 0 Å². The van der Waals surface area contributed by atoms with Gasteiger partial charge in [-0.3, -0.25) is 0 Å². The minimum atomic E-state index is -0.889. The summed E-state index contributed by atoms with van der Waals surface area (Å²) < 4.78 is 0. The Morgan fingerprint density at radius 3 is 0.884 bits per heavy atom. The number of aliphatic carboxylic acids is 1. The number of carboxylic acids is 1. The number of carbonyl (C=O) groups excluding carboxylic acids is 1. The molecule has 0 N–H and O–H groups in total. The number of rotatable bonds is 36. The van der Waals surface area contributed by atoms with Gasteiger partial charge in [-0.1, -0.05) is 201 Å². The van der Waals surface area contributed by atoms with Crippen molar-refractivity contribution in [3.8, 4) is 0 Å². The smallest absolute Gasteiger partial charge is 0.550 e. The Morgan fingerprint density at radius 1 is 0.442 bits per heavy atom. The molecule has 0 fully saturated rings. The van der Waals surface area contributed by atoms with E-state index >= 15 is 0 Å². The summed E-state index contributed by atoms with van der Waals surface area (Å²) in [5.74, 6) is -0.889. The molecule has 0 heterocycles. The fourth-order valence-electron chi connectivity index (χ4n) is 6.57. The molecule has 0 bridgehead atoms. The van der Waals surface area contributed by atoms with Crippen molar-refractivity contribution in [3.63, 3.8) is 0 Å². The molecule has 0 rings (SSSR count). The number of hydrogen-bond acceptors (Lipinski definition) is 3. The van der Waals surface area contributed by atoms with Crippen LogP contribution >= 0.6 is 0 Å².